The SMILES string of the molecule is C=CCCC(=O)N(C)C(Cc1ccc(Cl)cc1)C(=O)O[C@H]1[C@@H](O)[C@H](n2cnc3c(N)ncnc32)O[C@H]1COP(=O)(O)O[C@H]1C[C@H](n2ccc(N)nc2=O)O[C@@H]1COP(=O)(O)O. The van der Waals surface area contributed by atoms with Crippen LogP contribution in [0.2, 0.25) is 5.02 Å². The van der Waals surface area contributed by atoms with E-state index in [4.69, 9.17) is 46.3 Å². The summed E-state index contributed by atoms with van der Waals surface area (Å²) in [4.78, 5) is 86.5. The number of phosphoric ester groups is 2. The fourth-order valence-corrected chi connectivity index (χ4v) is 8.04. The number of esters is 1. The topological polar surface area (TPSA) is 338 Å². The highest BCUT2D eigenvalue weighted by molar-refractivity contribution is 7.47. The van der Waals surface area contributed by atoms with Crippen LogP contribution >= 0.6 is 27.2 Å². The summed E-state index contributed by atoms with van der Waals surface area (Å²) in [7, 11) is -8.90. The van der Waals surface area contributed by atoms with Crippen molar-refractivity contribution in [1.82, 2.24) is 34.0 Å². The standard InChI is InChI=1S/C34H42ClN9O15P2/c1-3-4-5-25(45)42(2)20(12-18-6-8-19(35)9-7-18)33(47)58-29-23(57-32(28(29)46)44-17-40-27-30(37)38-16-39-31(27)44)15-55-61(52,53)59-21-13-26(43-11-10-24(36)41-34(43)48)56-22(21)14-54-60(49,50)51/h3,6-11,16-17,20-23,26,28-29,32,46H,1,4-5,12-15H2,2H3,(H,52,53)(H2,36,41,48)(H2,37,38,39)(H2,49,50,51)/t20?,21-,22+,23-,26+,28+,29+,32+/m0/s1. The highest BCUT2D eigenvalue weighted by atomic mass is 35.5. The van der Waals surface area contributed by atoms with Crippen LogP contribution in [0.1, 0.15) is 37.3 Å². The van der Waals surface area contributed by atoms with Crippen molar-refractivity contribution in [2.75, 3.05) is 31.7 Å². The number of imidazole rings is 1. The molecule has 330 valence electrons. The molecule has 1 amide bonds. The van der Waals surface area contributed by atoms with Crippen molar-refractivity contribution in [3.8, 4) is 0 Å². The Kier molecular flexibility index (Phi) is 14.4. The summed E-state index contributed by atoms with van der Waals surface area (Å²) in [5.41, 5.74) is 11.5. The third-order valence-corrected chi connectivity index (χ3v) is 11.4. The molecule has 0 saturated carbocycles. The van der Waals surface area contributed by atoms with Gasteiger partial charge in [-0.15, -0.1) is 6.58 Å². The number of amides is 1. The minimum absolute atomic E-state index is 0.00632. The number of hydrogen-bond acceptors (Lipinski definition) is 18. The lowest BCUT2D eigenvalue weighted by Gasteiger charge is -2.30. The predicted octanol–water partition coefficient (Wildman–Crippen LogP) is 1.01. The van der Waals surface area contributed by atoms with E-state index in [0.717, 1.165) is 10.9 Å². The van der Waals surface area contributed by atoms with Gasteiger partial charge in [0.15, 0.2) is 23.8 Å². The molecule has 8 N–H and O–H groups in total. The third kappa shape index (κ3) is 11.2. The third-order valence-electron chi connectivity index (χ3n) is 9.68. The monoisotopic (exact) mass is 913 g/mol. The van der Waals surface area contributed by atoms with E-state index in [2.05, 4.69) is 31.0 Å². The fraction of sp³-hybridized carbons (Fsp3) is 0.441. The van der Waals surface area contributed by atoms with Crippen molar-refractivity contribution in [2.24, 2.45) is 0 Å². The minimum atomic E-state index is -5.23. The van der Waals surface area contributed by atoms with Gasteiger partial charge >= 0.3 is 27.3 Å². The van der Waals surface area contributed by atoms with Gasteiger partial charge in [0.25, 0.3) is 0 Å². The Balaban J connectivity index is 1.25. The number of ether oxygens (including phenoxy) is 3. The average molecular weight is 914 g/mol. The first kappa shape index (κ1) is 45.8. The number of anilines is 2. The number of fused-ring (bicyclic) bond motifs is 1. The Hall–Kier alpha value is -4.68. The van der Waals surface area contributed by atoms with Crippen molar-refractivity contribution >= 4 is 61.9 Å². The second kappa shape index (κ2) is 19.2. The van der Waals surface area contributed by atoms with E-state index in [0.29, 0.717) is 17.0 Å². The summed E-state index contributed by atoms with van der Waals surface area (Å²) in [6.07, 6.45) is -5.36. The van der Waals surface area contributed by atoms with Crippen molar-refractivity contribution in [1.29, 1.82) is 0 Å². The Morgan fingerprint density at radius 1 is 1.07 bits per heavy atom. The van der Waals surface area contributed by atoms with Crippen LogP contribution in [0.15, 0.2) is 66.6 Å². The number of aliphatic hydroxyl groups is 1. The van der Waals surface area contributed by atoms with E-state index in [9.17, 15) is 43.3 Å². The number of hydrogen-bond donors (Lipinski definition) is 6. The zero-order chi connectivity index (χ0) is 44.2. The maximum Gasteiger partial charge on any atom is 0.472 e. The lowest BCUT2D eigenvalue weighted by molar-refractivity contribution is -0.165. The van der Waals surface area contributed by atoms with Crippen LogP contribution in [-0.4, -0.2) is 122 Å². The van der Waals surface area contributed by atoms with Gasteiger partial charge in [0, 0.05) is 37.5 Å². The quantitative estimate of drug-likeness (QED) is 0.0461. The van der Waals surface area contributed by atoms with Gasteiger partial charge < -0.3 is 50.4 Å². The van der Waals surface area contributed by atoms with Crippen LogP contribution in [0.5, 0.6) is 0 Å². The van der Waals surface area contributed by atoms with Crippen LogP contribution in [-0.2, 0) is 52.9 Å². The van der Waals surface area contributed by atoms with Gasteiger partial charge in [0.1, 0.15) is 54.3 Å². The first-order chi connectivity index (χ1) is 28.8. The first-order valence-corrected chi connectivity index (χ1v) is 21.7. The molecule has 2 aliphatic rings. The molecule has 1 aromatic carbocycles. The molecule has 0 bridgehead atoms. The van der Waals surface area contributed by atoms with Crippen molar-refractivity contribution in [3.05, 3.63) is 82.9 Å². The molecule has 2 saturated heterocycles. The summed E-state index contributed by atoms with van der Waals surface area (Å²) in [5, 5.41) is 12.2. The molecule has 4 aromatic rings. The van der Waals surface area contributed by atoms with Crippen LogP contribution in [0.4, 0.5) is 11.6 Å². The number of carbonyl (C=O) groups is 2. The minimum Gasteiger partial charge on any atom is -0.455 e. The second-order valence-electron chi connectivity index (χ2n) is 13.8. The van der Waals surface area contributed by atoms with E-state index in [1.54, 1.807) is 30.3 Å². The fourth-order valence-electron chi connectivity index (χ4n) is 6.61. The van der Waals surface area contributed by atoms with Crippen molar-refractivity contribution in [2.45, 2.75) is 74.7 Å². The molecular formula is C34H42ClN9O15P2. The average Bonchev–Trinajstić information content (AvgIpc) is 3.89. The number of nitrogen functional groups attached to an aromatic ring is 2. The Labute approximate surface area is 350 Å². The molecule has 61 heavy (non-hydrogen) atoms. The number of allylic oxidation sites excluding steroid dienone is 1. The number of halogens is 1. The lowest BCUT2D eigenvalue weighted by atomic mass is 10.0. The molecule has 9 atom stereocenters. The molecule has 27 heteroatoms. The number of phosphoric acid groups is 2. The molecule has 5 heterocycles. The summed E-state index contributed by atoms with van der Waals surface area (Å²) in [6.45, 7) is 1.90. The van der Waals surface area contributed by atoms with Crippen LogP contribution in [0, 0.1) is 0 Å². The summed E-state index contributed by atoms with van der Waals surface area (Å²) < 4.78 is 60.4. The number of nitrogens with zero attached hydrogens (tertiary/aromatic N) is 7. The number of rotatable bonds is 18. The number of aliphatic hydroxyl groups excluding tert-OH is 1. The molecule has 0 spiro atoms. The van der Waals surface area contributed by atoms with E-state index >= 15 is 0 Å². The first-order valence-electron chi connectivity index (χ1n) is 18.3. The maximum atomic E-state index is 14.1. The van der Waals surface area contributed by atoms with Gasteiger partial charge in [0.2, 0.25) is 5.91 Å². The van der Waals surface area contributed by atoms with Gasteiger partial charge in [-0.25, -0.2) is 33.7 Å². The van der Waals surface area contributed by atoms with Crippen molar-refractivity contribution in [3.63, 3.8) is 0 Å². The van der Waals surface area contributed by atoms with Gasteiger partial charge in [-0.2, -0.15) is 4.98 Å². The summed E-state index contributed by atoms with van der Waals surface area (Å²) in [5.74, 6) is -1.50. The Morgan fingerprint density at radius 3 is 2.48 bits per heavy atom. The largest absolute Gasteiger partial charge is 0.472 e. The van der Waals surface area contributed by atoms with Crippen LogP contribution in [0.25, 0.3) is 11.2 Å². The molecule has 2 aliphatic heterocycles. The summed E-state index contributed by atoms with van der Waals surface area (Å²) in [6, 6.07) is 6.55. The van der Waals surface area contributed by atoms with E-state index in [1.807, 2.05) is 0 Å². The molecular weight excluding hydrogens is 872 g/mol. The second-order valence-corrected chi connectivity index (χ2v) is 16.9. The molecule has 3 aromatic heterocycles. The van der Waals surface area contributed by atoms with Gasteiger partial charge in [-0.3, -0.25) is 27.5 Å². The van der Waals surface area contributed by atoms with Gasteiger partial charge in [-0.1, -0.05) is 29.8 Å². The number of benzene rings is 1. The lowest BCUT2D eigenvalue weighted by Crippen LogP contribution is -2.48. The van der Waals surface area contributed by atoms with E-state index in [1.165, 1.54) is 35.1 Å². The van der Waals surface area contributed by atoms with Crippen LogP contribution < -0.4 is 17.2 Å². The number of nitrogens with two attached hydrogens (primary N) is 2. The molecule has 6 rings (SSSR count). The zero-order valence-electron chi connectivity index (χ0n) is 32.1. The molecule has 2 unspecified atom stereocenters. The smallest absolute Gasteiger partial charge is 0.455 e. The van der Waals surface area contributed by atoms with Crippen molar-refractivity contribution < 1.29 is 66.3 Å². The summed E-state index contributed by atoms with van der Waals surface area (Å²) >= 11 is 6.07. The van der Waals surface area contributed by atoms with Crippen LogP contribution in [0.3, 0.4) is 0 Å². The Morgan fingerprint density at radius 2 is 1.79 bits per heavy atom. The van der Waals surface area contributed by atoms with E-state index in [-0.39, 0.29) is 42.1 Å². The number of carbonyl (C=O) groups excluding carboxylic acids is 2. The molecule has 0 radical (unpaired) electrons. The highest BCUT2D eigenvalue weighted by Crippen LogP contribution is 2.50. The number of aromatic nitrogens is 6. The normalized spacial score (nSPS) is 24.3. The van der Waals surface area contributed by atoms with E-state index < -0.39 is 95.4 Å². The molecule has 24 nitrogen and oxygen atoms in total. The number of likely N-dealkylation sites (N-methyl/N-ethyl adjacent to an activating group) is 1. The predicted molar refractivity (Wildman–Crippen MR) is 211 cm³/mol. The zero-order valence-corrected chi connectivity index (χ0v) is 34.6. The molecule has 0 aliphatic carbocycles. The maximum absolute atomic E-state index is 14.1. The highest BCUT2D eigenvalue weighted by Gasteiger charge is 2.50. The Bertz CT molecular complexity index is 2380. The molecule has 2 fully saturated rings. The van der Waals surface area contributed by atoms with Gasteiger partial charge in [-0.05, 0) is 30.2 Å². The van der Waals surface area contributed by atoms with Gasteiger partial charge in [0.05, 0.1) is 19.5 Å².